The van der Waals surface area contributed by atoms with E-state index in [1.807, 2.05) is 18.2 Å². The first-order valence-electron chi connectivity index (χ1n) is 9.28. The number of carbonyl (C=O) groups is 1. The van der Waals surface area contributed by atoms with E-state index in [2.05, 4.69) is 31.2 Å². The van der Waals surface area contributed by atoms with Crippen LogP contribution in [0.15, 0.2) is 58.2 Å². The predicted octanol–water partition coefficient (Wildman–Crippen LogP) is 3.44. The van der Waals surface area contributed by atoms with Crippen molar-refractivity contribution in [3.05, 3.63) is 53.3 Å². The molecule has 0 saturated carbocycles. The Balaban J connectivity index is 1.65. The fourth-order valence-electron chi connectivity index (χ4n) is 2.87. The quantitative estimate of drug-likeness (QED) is 0.516. The van der Waals surface area contributed by atoms with Crippen molar-refractivity contribution in [3.63, 3.8) is 0 Å². The second-order valence-electron chi connectivity index (χ2n) is 6.29. The highest BCUT2D eigenvalue weighted by atomic mass is 79.9. The number of ether oxygens (including phenoxy) is 1. The van der Waals surface area contributed by atoms with Crippen LogP contribution in [-0.4, -0.2) is 48.3 Å². The van der Waals surface area contributed by atoms with Crippen LogP contribution in [0.5, 0.6) is 5.88 Å². The SMILES string of the molecule is CCN(CC)S(=O)(=O)c1ccc(NC(=O)COc2ncnc3ccc(Br)cc23)cc1. The molecule has 0 spiro atoms. The second kappa shape index (κ2) is 9.50. The van der Waals surface area contributed by atoms with Crippen LogP contribution in [0.2, 0.25) is 0 Å². The first-order chi connectivity index (χ1) is 14.3. The van der Waals surface area contributed by atoms with Crippen molar-refractivity contribution < 1.29 is 17.9 Å². The number of anilines is 1. The molecule has 0 bridgehead atoms. The van der Waals surface area contributed by atoms with E-state index in [1.54, 1.807) is 26.0 Å². The topological polar surface area (TPSA) is 101 Å². The number of nitrogens with one attached hydrogen (secondary N) is 1. The first kappa shape index (κ1) is 22.1. The van der Waals surface area contributed by atoms with E-state index in [9.17, 15) is 13.2 Å². The van der Waals surface area contributed by atoms with Gasteiger partial charge in [0.1, 0.15) is 6.33 Å². The minimum Gasteiger partial charge on any atom is -0.467 e. The van der Waals surface area contributed by atoms with E-state index in [4.69, 9.17) is 4.74 Å². The molecule has 0 unspecified atom stereocenters. The Hall–Kier alpha value is -2.56. The molecule has 3 aromatic rings. The first-order valence-corrected chi connectivity index (χ1v) is 11.5. The maximum atomic E-state index is 12.5. The van der Waals surface area contributed by atoms with Crippen LogP contribution in [0.1, 0.15) is 13.8 Å². The lowest BCUT2D eigenvalue weighted by Gasteiger charge is -2.18. The third-order valence-corrected chi connectivity index (χ3v) is 6.94. The van der Waals surface area contributed by atoms with Gasteiger partial charge in [-0.15, -0.1) is 0 Å². The smallest absolute Gasteiger partial charge is 0.262 e. The minimum absolute atomic E-state index is 0.179. The number of aromatic nitrogens is 2. The molecule has 158 valence electrons. The monoisotopic (exact) mass is 492 g/mol. The Kier molecular flexibility index (Phi) is 7.01. The molecule has 0 aliphatic rings. The van der Waals surface area contributed by atoms with Gasteiger partial charge in [-0.3, -0.25) is 4.79 Å². The number of amides is 1. The van der Waals surface area contributed by atoms with E-state index in [0.29, 0.717) is 35.6 Å². The Bertz CT molecular complexity index is 1150. The fourth-order valence-corrected chi connectivity index (χ4v) is 4.69. The molecule has 0 aliphatic carbocycles. The molecule has 30 heavy (non-hydrogen) atoms. The highest BCUT2D eigenvalue weighted by Crippen LogP contribution is 2.25. The van der Waals surface area contributed by atoms with Crippen molar-refractivity contribution in [1.82, 2.24) is 14.3 Å². The Labute approximate surface area is 183 Å². The average Bonchev–Trinajstić information content (AvgIpc) is 2.73. The average molecular weight is 493 g/mol. The lowest BCUT2D eigenvalue weighted by molar-refractivity contribution is -0.118. The van der Waals surface area contributed by atoms with Crippen LogP contribution < -0.4 is 10.1 Å². The van der Waals surface area contributed by atoms with Gasteiger partial charge in [0.25, 0.3) is 5.91 Å². The van der Waals surface area contributed by atoms with Crippen molar-refractivity contribution in [1.29, 1.82) is 0 Å². The summed E-state index contributed by atoms with van der Waals surface area (Å²) in [6, 6.07) is 11.5. The van der Waals surface area contributed by atoms with Crippen molar-refractivity contribution in [2.75, 3.05) is 25.0 Å². The van der Waals surface area contributed by atoms with Crippen LogP contribution in [0.25, 0.3) is 10.9 Å². The number of carbonyl (C=O) groups excluding carboxylic acids is 1. The molecular weight excluding hydrogens is 472 g/mol. The zero-order valence-electron chi connectivity index (χ0n) is 16.5. The van der Waals surface area contributed by atoms with Gasteiger partial charge in [0.05, 0.1) is 15.8 Å². The van der Waals surface area contributed by atoms with Crippen molar-refractivity contribution in [3.8, 4) is 5.88 Å². The van der Waals surface area contributed by atoms with Gasteiger partial charge in [0, 0.05) is 23.2 Å². The number of nitrogens with zero attached hydrogens (tertiary/aromatic N) is 3. The number of hydrogen-bond acceptors (Lipinski definition) is 6. The largest absolute Gasteiger partial charge is 0.467 e. The van der Waals surface area contributed by atoms with Crippen LogP contribution >= 0.6 is 15.9 Å². The molecule has 0 aliphatic heterocycles. The Morgan fingerprint density at radius 2 is 1.80 bits per heavy atom. The van der Waals surface area contributed by atoms with Crippen molar-refractivity contribution in [2.24, 2.45) is 0 Å². The van der Waals surface area contributed by atoms with E-state index in [0.717, 1.165) is 4.47 Å². The molecule has 1 heterocycles. The molecule has 3 rings (SSSR count). The Morgan fingerprint density at radius 1 is 1.10 bits per heavy atom. The molecule has 0 atom stereocenters. The zero-order valence-corrected chi connectivity index (χ0v) is 18.9. The summed E-state index contributed by atoms with van der Waals surface area (Å²) in [7, 11) is -3.54. The molecule has 1 amide bonds. The maximum absolute atomic E-state index is 12.5. The van der Waals surface area contributed by atoms with E-state index in [1.165, 1.54) is 22.8 Å². The molecule has 1 aromatic heterocycles. The summed E-state index contributed by atoms with van der Waals surface area (Å²) in [5.74, 6) is -0.0896. The number of benzene rings is 2. The standard InChI is InChI=1S/C20H21BrN4O4S/c1-3-25(4-2)30(27,28)16-8-6-15(7-9-16)24-19(26)12-29-20-17-11-14(21)5-10-18(17)22-13-23-20/h5-11,13H,3-4,12H2,1-2H3,(H,24,26). The van der Waals surface area contributed by atoms with Gasteiger partial charge in [-0.1, -0.05) is 29.8 Å². The van der Waals surface area contributed by atoms with E-state index < -0.39 is 15.9 Å². The van der Waals surface area contributed by atoms with Crippen molar-refractivity contribution in [2.45, 2.75) is 18.7 Å². The maximum Gasteiger partial charge on any atom is 0.262 e. The third-order valence-electron chi connectivity index (χ3n) is 4.38. The molecule has 0 saturated heterocycles. The summed E-state index contributed by atoms with van der Waals surface area (Å²) in [5.41, 5.74) is 1.17. The van der Waals surface area contributed by atoms with Gasteiger partial charge >= 0.3 is 0 Å². The van der Waals surface area contributed by atoms with Crippen LogP contribution in [-0.2, 0) is 14.8 Å². The molecule has 1 N–H and O–H groups in total. The zero-order chi connectivity index (χ0) is 21.7. The van der Waals surface area contributed by atoms with Gasteiger partial charge < -0.3 is 10.1 Å². The lowest BCUT2D eigenvalue weighted by Crippen LogP contribution is -2.30. The van der Waals surface area contributed by atoms with Crippen LogP contribution in [0.4, 0.5) is 5.69 Å². The number of sulfonamides is 1. The number of halogens is 1. The number of rotatable bonds is 8. The summed E-state index contributed by atoms with van der Waals surface area (Å²) in [4.78, 5) is 20.7. The molecular formula is C20H21BrN4O4S. The summed E-state index contributed by atoms with van der Waals surface area (Å²) in [6.07, 6.45) is 1.37. The van der Waals surface area contributed by atoms with E-state index in [-0.39, 0.29) is 11.5 Å². The van der Waals surface area contributed by atoms with Gasteiger partial charge in [-0.25, -0.2) is 18.4 Å². The molecule has 8 nitrogen and oxygen atoms in total. The van der Waals surface area contributed by atoms with Gasteiger partial charge in [0.15, 0.2) is 6.61 Å². The minimum atomic E-state index is -3.54. The summed E-state index contributed by atoms with van der Waals surface area (Å²) in [5, 5.41) is 3.37. The Morgan fingerprint density at radius 3 is 2.47 bits per heavy atom. The normalized spacial score (nSPS) is 11.6. The molecule has 0 radical (unpaired) electrons. The number of hydrogen-bond donors (Lipinski definition) is 1. The summed E-state index contributed by atoms with van der Waals surface area (Å²) in [6.45, 7) is 4.11. The molecule has 10 heteroatoms. The summed E-state index contributed by atoms with van der Waals surface area (Å²) < 4.78 is 32.8. The van der Waals surface area contributed by atoms with Crippen LogP contribution in [0, 0.1) is 0 Å². The highest BCUT2D eigenvalue weighted by molar-refractivity contribution is 9.10. The lowest BCUT2D eigenvalue weighted by atomic mass is 10.2. The summed E-state index contributed by atoms with van der Waals surface area (Å²) >= 11 is 3.39. The van der Waals surface area contributed by atoms with Gasteiger partial charge in [-0.2, -0.15) is 4.31 Å². The van der Waals surface area contributed by atoms with E-state index >= 15 is 0 Å². The fraction of sp³-hybridized carbons (Fsp3) is 0.250. The van der Waals surface area contributed by atoms with Crippen LogP contribution in [0.3, 0.4) is 0 Å². The molecule has 0 fully saturated rings. The molecule has 2 aromatic carbocycles. The second-order valence-corrected chi connectivity index (χ2v) is 9.14. The van der Waals surface area contributed by atoms with Crippen molar-refractivity contribution >= 4 is 48.5 Å². The predicted molar refractivity (Wildman–Crippen MR) is 118 cm³/mol. The third kappa shape index (κ3) is 4.94. The van der Waals surface area contributed by atoms with Gasteiger partial charge in [-0.05, 0) is 42.5 Å². The van der Waals surface area contributed by atoms with Gasteiger partial charge in [0.2, 0.25) is 15.9 Å². The number of fused-ring (bicyclic) bond motifs is 1. The highest BCUT2D eigenvalue weighted by Gasteiger charge is 2.21.